The lowest BCUT2D eigenvalue weighted by Gasteiger charge is -2.26. The number of rotatable bonds is 8. The van der Waals surface area contributed by atoms with Gasteiger partial charge < -0.3 is 9.47 Å². The summed E-state index contributed by atoms with van der Waals surface area (Å²) < 4.78 is 35.6. The molecule has 5 nitrogen and oxygen atoms in total. The molecule has 0 aliphatic heterocycles. The Kier molecular flexibility index (Phi) is 7.23. The van der Waals surface area contributed by atoms with Crippen LogP contribution in [-0.2, 0) is 19.5 Å². The summed E-state index contributed by atoms with van der Waals surface area (Å²) in [7, 11) is -0.130. The molecular weight excluding hydrogens is 242 g/mol. The Bertz CT molecular complexity index is 287. The maximum atomic E-state index is 12.2. The molecule has 0 aromatic rings. The predicted octanol–water partition coefficient (Wildman–Crippen LogP) is 0.957. The molecule has 0 heterocycles. The number of nitrogens with zero attached hydrogens (tertiary/aromatic N) is 1. The van der Waals surface area contributed by atoms with E-state index < -0.39 is 10.0 Å². The van der Waals surface area contributed by atoms with Crippen LogP contribution in [0.5, 0.6) is 0 Å². The Morgan fingerprint density at radius 1 is 1.00 bits per heavy atom. The van der Waals surface area contributed by atoms with Crippen LogP contribution >= 0.6 is 0 Å². The lowest BCUT2D eigenvalue weighted by Crippen LogP contribution is -2.40. The minimum absolute atomic E-state index is 0.132. The van der Waals surface area contributed by atoms with Gasteiger partial charge in [0.2, 0.25) is 10.0 Å². The Morgan fingerprint density at radius 3 is 1.71 bits per heavy atom. The van der Waals surface area contributed by atoms with Gasteiger partial charge in [-0.2, -0.15) is 4.31 Å². The van der Waals surface area contributed by atoms with E-state index in [2.05, 4.69) is 0 Å². The number of ether oxygens (including phenoxy) is 2. The summed E-state index contributed by atoms with van der Waals surface area (Å²) in [6.07, 6.45) is 0. The predicted molar refractivity (Wildman–Crippen MR) is 68.6 cm³/mol. The van der Waals surface area contributed by atoms with E-state index in [0.717, 1.165) is 0 Å². The van der Waals surface area contributed by atoms with Crippen molar-refractivity contribution in [2.24, 2.45) is 5.41 Å². The van der Waals surface area contributed by atoms with Crippen LogP contribution in [0.4, 0.5) is 0 Å². The molecule has 0 saturated carbocycles. The molecule has 0 radical (unpaired) electrons. The van der Waals surface area contributed by atoms with E-state index in [-0.39, 0.29) is 11.2 Å². The molecule has 0 aliphatic carbocycles. The normalized spacial score (nSPS) is 13.3. The standard InChI is InChI=1S/C11H25NO4S/c1-11(2,3)10-17(13,14)12(6-8-15-4)7-9-16-5/h6-10H2,1-5H3. The van der Waals surface area contributed by atoms with Gasteiger partial charge in [-0.25, -0.2) is 8.42 Å². The SMILES string of the molecule is COCCN(CCOC)S(=O)(=O)CC(C)(C)C. The lowest BCUT2D eigenvalue weighted by atomic mass is 10.0. The fourth-order valence-corrected chi connectivity index (χ4v) is 3.40. The molecule has 0 rings (SSSR count). The van der Waals surface area contributed by atoms with E-state index in [1.54, 1.807) is 14.2 Å². The van der Waals surface area contributed by atoms with Crippen LogP contribution in [0.25, 0.3) is 0 Å². The summed E-state index contributed by atoms with van der Waals surface area (Å²) in [6.45, 7) is 7.27. The Balaban J connectivity index is 4.63. The highest BCUT2D eigenvalue weighted by Crippen LogP contribution is 2.18. The van der Waals surface area contributed by atoms with Gasteiger partial charge in [0.15, 0.2) is 0 Å². The molecule has 0 unspecified atom stereocenters. The van der Waals surface area contributed by atoms with E-state index >= 15 is 0 Å². The van der Waals surface area contributed by atoms with Gasteiger partial charge in [0.1, 0.15) is 0 Å². The zero-order valence-corrected chi connectivity index (χ0v) is 12.3. The highest BCUT2D eigenvalue weighted by atomic mass is 32.2. The third-order valence-corrected chi connectivity index (χ3v) is 4.48. The van der Waals surface area contributed by atoms with Crippen LogP contribution in [0, 0.1) is 5.41 Å². The van der Waals surface area contributed by atoms with Gasteiger partial charge in [0.05, 0.1) is 19.0 Å². The van der Waals surface area contributed by atoms with Gasteiger partial charge in [0, 0.05) is 27.3 Å². The van der Waals surface area contributed by atoms with E-state index in [1.807, 2.05) is 20.8 Å². The van der Waals surface area contributed by atoms with Crippen LogP contribution in [0.3, 0.4) is 0 Å². The second-order valence-corrected chi connectivity index (χ2v) is 7.17. The molecule has 104 valence electrons. The van der Waals surface area contributed by atoms with Crippen molar-refractivity contribution < 1.29 is 17.9 Å². The molecule has 0 aromatic heterocycles. The van der Waals surface area contributed by atoms with Crippen molar-refractivity contribution in [3.8, 4) is 0 Å². The summed E-state index contributed by atoms with van der Waals surface area (Å²) in [4.78, 5) is 0. The van der Waals surface area contributed by atoms with Gasteiger partial charge in [0.25, 0.3) is 0 Å². The number of hydrogen-bond donors (Lipinski definition) is 0. The number of methoxy groups -OCH3 is 2. The monoisotopic (exact) mass is 267 g/mol. The lowest BCUT2D eigenvalue weighted by molar-refractivity contribution is 0.150. The summed E-state index contributed by atoms with van der Waals surface area (Å²) in [5.74, 6) is 0.132. The first-order valence-corrected chi connectivity index (χ1v) is 7.29. The fourth-order valence-electron chi connectivity index (χ4n) is 1.41. The molecule has 0 amide bonds. The highest BCUT2D eigenvalue weighted by Gasteiger charge is 2.27. The molecule has 0 N–H and O–H groups in total. The highest BCUT2D eigenvalue weighted by molar-refractivity contribution is 7.89. The first-order valence-electron chi connectivity index (χ1n) is 5.68. The molecule has 0 bridgehead atoms. The first-order chi connectivity index (χ1) is 7.73. The first kappa shape index (κ1) is 16.8. The van der Waals surface area contributed by atoms with Crippen molar-refractivity contribution in [2.45, 2.75) is 20.8 Å². The molecule has 6 heteroatoms. The Morgan fingerprint density at radius 2 is 1.41 bits per heavy atom. The average molecular weight is 267 g/mol. The smallest absolute Gasteiger partial charge is 0.214 e. The van der Waals surface area contributed by atoms with E-state index in [0.29, 0.717) is 26.3 Å². The summed E-state index contributed by atoms with van der Waals surface area (Å²) >= 11 is 0. The van der Waals surface area contributed by atoms with Gasteiger partial charge in [-0.15, -0.1) is 0 Å². The second-order valence-electron chi connectivity index (χ2n) is 5.20. The summed E-state index contributed by atoms with van der Waals surface area (Å²) in [5.41, 5.74) is -0.253. The van der Waals surface area contributed by atoms with Crippen LogP contribution in [0.15, 0.2) is 0 Å². The van der Waals surface area contributed by atoms with Crippen molar-refractivity contribution >= 4 is 10.0 Å². The van der Waals surface area contributed by atoms with Crippen molar-refractivity contribution in [3.05, 3.63) is 0 Å². The van der Waals surface area contributed by atoms with Crippen molar-refractivity contribution in [1.29, 1.82) is 0 Å². The largest absolute Gasteiger partial charge is 0.383 e. The van der Waals surface area contributed by atoms with Gasteiger partial charge in [-0.05, 0) is 5.41 Å². The maximum Gasteiger partial charge on any atom is 0.214 e. The van der Waals surface area contributed by atoms with Crippen LogP contribution in [0.2, 0.25) is 0 Å². The van der Waals surface area contributed by atoms with Crippen molar-refractivity contribution in [1.82, 2.24) is 4.31 Å². The van der Waals surface area contributed by atoms with E-state index in [1.165, 1.54) is 4.31 Å². The number of sulfonamides is 1. The van der Waals surface area contributed by atoms with Crippen LogP contribution < -0.4 is 0 Å². The van der Waals surface area contributed by atoms with Gasteiger partial charge in [-0.1, -0.05) is 20.8 Å². The number of hydrogen-bond acceptors (Lipinski definition) is 4. The Labute approximate surface area is 105 Å². The molecule has 0 aromatic carbocycles. The van der Waals surface area contributed by atoms with Crippen LogP contribution in [-0.4, -0.2) is 59.0 Å². The van der Waals surface area contributed by atoms with Crippen LogP contribution in [0.1, 0.15) is 20.8 Å². The molecule has 0 atom stereocenters. The average Bonchev–Trinajstić information content (AvgIpc) is 2.13. The zero-order chi connectivity index (χ0) is 13.5. The molecule has 0 aliphatic rings. The summed E-state index contributed by atoms with van der Waals surface area (Å²) in [5, 5.41) is 0. The third kappa shape index (κ3) is 7.70. The van der Waals surface area contributed by atoms with Crippen molar-refractivity contribution in [2.75, 3.05) is 46.3 Å². The maximum absolute atomic E-state index is 12.2. The Hall–Kier alpha value is -0.170. The topological polar surface area (TPSA) is 55.8 Å². The fraction of sp³-hybridized carbons (Fsp3) is 1.00. The zero-order valence-electron chi connectivity index (χ0n) is 11.5. The molecular formula is C11H25NO4S. The second kappa shape index (κ2) is 7.31. The quantitative estimate of drug-likeness (QED) is 0.657. The molecule has 0 spiro atoms. The van der Waals surface area contributed by atoms with E-state index in [9.17, 15) is 8.42 Å². The molecule has 17 heavy (non-hydrogen) atoms. The van der Waals surface area contributed by atoms with Gasteiger partial charge >= 0.3 is 0 Å². The molecule has 0 saturated heterocycles. The minimum Gasteiger partial charge on any atom is -0.383 e. The minimum atomic E-state index is -3.25. The van der Waals surface area contributed by atoms with Gasteiger partial charge in [-0.3, -0.25) is 0 Å². The summed E-state index contributed by atoms with van der Waals surface area (Å²) in [6, 6.07) is 0. The third-order valence-electron chi connectivity index (χ3n) is 2.10. The van der Waals surface area contributed by atoms with E-state index in [4.69, 9.17) is 9.47 Å². The van der Waals surface area contributed by atoms with Crippen molar-refractivity contribution in [3.63, 3.8) is 0 Å². The molecule has 0 fully saturated rings.